The number of nitrogens with zero attached hydrogens (tertiary/aromatic N) is 4. The monoisotopic (exact) mass is 480 g/mol. The Morgan fingerprint density at radius 3 is 2.39 bits per heavy atom. The highest BCUT2D eigenvalue weighted by Gasteiger charge is 2.24. The number of aliphatic imine (C=N–C) groups is 1. The minimum atomic E-state index is -0.243. The topological polar surface area (TPSA) is 61.1 Å². The van der Waals surface area contributed by atoms with Crippen LogP contribution in [0.1, 0.15) is 35.3 Å². The SMILES string of the molecule is CC(=O)n1c(O)c(C(=Nc2ccc(N3CCN(C)[C@@H](C)C3)cc2)c2ccccc2)c2ccc(C)cc21. The van der Waals surface area contributed by atoms with E-state index in [0.29, 0.717) is 22.8 Å². The van der Waals surface area contributed by atoms with Crippen molar-refractivity contribution in [2.75, 3.05) is 31.6 Å². The van der Waals surface area contributed by atoms with Gasteiger partial charge in [-0.15, -0.1) is 0 Å². The van der Waals surface area contributed by atoms with Gasteiger partial charge in [0.1, 0.15) is 0 Å². The lowest BCUT2D eigenvalue weighted by Crippen LogP contribution is -2.50. The Morgan fingerprint density at radius 1 is 1.00 bits per heavy atom. The normalized spacial score (nSPS) is 17.1. The number of aromatic nitrogens is 1. The maximum atomic E-state index is 12.5. The van der Waals surface area contributed by atoms with Crippen LogP contribution in [0.25, 0.3) is 10.9 Å². The van der Waals surface area contributed by atoms with Crippen molar-refractivity contribution in [2.45, 2.75) is 26.8 Å². The van der Waals surface area contributed by atoms with Gasteiger partial charge in [0.05, 0.1) is 22.5 Å². The molecule has 0 aliphatic carbocycles. The van der Waals surface area contributed by atoms with Crippen molar-refractivity contribution >= 4 is 33.9 Å². The molecule has 0 bridgehead atoms. The second kappa shape index (κ2) is 9.63. The largest absolute Gasteiger partial charge is 0.494 e. The van der Waals surface area contributed by atoms with Crippen LogP contribution in [-0.2, 0) is 0 Å². The molecule has 6 heteroatoms. The van der Waals surface area contributed by atoms with E-state index in [-0.39, 0.29) is 11.8 Å². The molecular weight excluding hydrogens is 448 g/mol. The highest BCUT2D eigenvalue weighted by Crippen LogP contribution is 2.35. The third kappa shape index (κ3) is 4.40. The van der Waals surface area contributed by atoms with Crippen LogP contribution in [-0.4, -0.2) is 58.9 Å². The first-order valence-electron chi connectivity index (χ1n) is 12.4. The quantitative estimate of drug-likeness (QED) is 0.385. The Morgan fingerprint density at radius 2 is 1.72 bits per heavy atom. The van der Waals surface area contributed by atoms with E-state index in [9.17, 15) is 9.90 Å². The second-order valence-corrected chi connectivity index (χ2v) is 9.69. The van der Waals surface area contributed by atoms with Gasteiger partial charge in [0.25, 0.3) is 0 Å². The molecule has 6 nitrogen and oxygen atoms in total. The van der Waals surface area contributed by atoms with Gasteiger partial charge in [-0.2, -0.15) is 0 Å². The van der Waals surface area contributed by atoms with Crippen LogP contribution < -0.4 is 4.90 Å². The molecule has 0 amide bonds. The average Bonchev–Trinajstić information content (AvgIpc) is 3.16. The number of carbonyl (C=O) groups excluding carboxylic acids is 1. The third-order valence-electron chi connectivity index (χ3n) is 7.11. The van der Waals surface area contributed by atoms with Crippen molar-refractivity contribution in [2.24, 2.45) is 4.99 Å². The molecule has 1 aromatic heterocycles. The number of carbonyl (C=O) groups is 1. The zero-order valence-corrected chi connectivity index (χ0v) is 21.3. The molecule has 3 aromatic carbocycles. The molecule has 4 aromatic rings. The first-order chi connectivity index (χ1) is 17.3. The highest BCUT2D eigenvalue weighted by atomic mass is 16.3. The van der Waals surface area contributed by atoms with Crippen molar-refractivity contribution in [3.63, 3.8) is 0 Å². The second-order valence-electron chi connectivity index (χ2n) is 9.69. The Hall–Kier alpha value is -3.90. The maximum Gasteiger partial charge on any atom is 0.230 e. The van der Waals surface area contributed by atoms with Crippen molar-refractivity contribution in [3.05, 3.63) is 89.5 Å². The number of aromatic hydroxyl groups is 1. The van der Waals surface area contributed by atoms with E-state index in [4.69, 9.17) is 4.99 Å². The van der Waals surface area contributed by atoms with Crippen LogP contribution in [0.4, 0.5) is 11.4 Å². The van der Waals surface area contributed by atoms with Gasteiger partial charge in [0.2, 0.25) is 11.8 Å². The Kier molecular flexibility index (Phi) is 6.37. The lowest BCUT2D eigenvalue weighted by molar-refractivity contribution is 0.0933. The molecule has 5 rings (SSSR count). The predicted octanol–water partition coefficient (Wildman–Crippen LogP) is 5.62. The lowest BCUT2D eigenvalue weighted by atomic mass is 10.00. The summed E-state index contributed by atoms with van der Waals surface area (Å²) in [6.07, 6.45) is 0. The summed E-state index contributed by atoms with van der Waals surface area (Å²) >= 11 is 0. The Labute approximate surface area is 212 Å². The van der Waals surface area contributed by atoms with Gasteiger partial charge in [-0.25, -0.2) is 4.99 Å². The van der Waals surface area contributed by atoms with Gasteiger partial charge in [-0.3, -0.25) is 9.36 Å². The van der Waals surface area contributed by atoms with E-state index >= 15 is 0 Å². The van der Waals surface area contributed by atoms with Crippen LogP contribution >= 0.6 is 0 Å². The summed E-state index contributed by atoms with van der Waals surface area (Å²) in [5, 5.41) is 12.1. The molecule has 1 saturated heterocycles. The molecule has 0 radical (unpaired) electrons. The van der Waals surface area contributed by atoms with Crippen molar-refractivity contribution < 1.29 is 9.90 Å². The molecular formula is C30H32N4O2. The zero-order chi connectivity index (χ0) is 25.4. The van der Waals surface area contributed by atoms with Gasteiger partial charge >= 0.3 is 0 Å². The number of rotatable bonds is 4. The number of fused-ring (bicyclic) bond motifs is 1. The molecule has 2 heterocycles. The molecule has 1 atom stereocenters. The molecule has 0 unspecified atom stereocenters. The van der Waals surface area contributed by atoms with Crippen molar-refractivity contribution in [3.8, 4) is 5.88 Å². The first-order valence-corrected chi connectivity index (χ1v) is 12.4. The van der Waals surface area contributed by atoms with E-state index in [2.05, 4.69) is 35.9 Å². The van der Waals surface area contributed by atoms with Gasteiger partial charge in [0, 0.05) is 49.2 Å². The predicted molar refractivity (Wildman–Crippen MR) is 147 cm³/mol. The van der Waals surface area contributed by atoms with Crippen molar-refractivity contribution in [1.82, 2.24) is 9.47 Å². The number of benzene rings is 3. The van der Waals surface area contributed by atoms with E-state index in [1.807, 2.05) is 67.6 Å². The first kappa shape index (κ1) is 23.8. The molecule has 184 valence electrons. The van der Waals surface area contributed by atoms with E-state index in [1.54, 1.807) is 0 Å². The number of aryl methyl sites for hydroxylation is 1. The summed E-state index contributed by atoms with van der Waals surface area (Å²) in [6.45, 7) is 8.72. The maximum absolute atomic E-state index is 12.5. The molecule has 1 N–H and O–H groups in total. The molecule has 0 spiro atoms. The van der Waals surface area contributed by atoms with E-state index < -0.39 is 0 Å². The lowest BCUT2D eigenvalue weighted by Gasteiger charge is -2.39. The Bertz CT molecular complexity index is 1440. The summed E-state index contributed by atoms with van der Waals surface area (Å²) < 4.78 is 1.37. The minimum absolute atomic E-state index is 0.0891. The fraction of sp³-hybridized carbons (Fsp3) is 0.267. The molecule has 0 saturated carbocycles. The fourth-order valence-corrected chi connectivity index (χ4v) is 4.95. The van der Waals surface area contributed by atoms with Crippen LogP contribution in [0, 0.1) is 6.92 Å². The fourth-order valence-electron chi connectivity index (χ4n) is 4.95. The summed E-state index contributed by atoms with van der Waals surface area (Å²) in [7, 11) is 2.17. The number of hydrogen-bond donors (Lipinski definition) is 1. The summed E-state index contributed by atoms with van der Waals surface area (Å²) in [5.41, 5.74) is 5.72. The number of piperazine rings is 1. The summed E-state index contributed by atoms with van der Waals surface area (Å²) in [6, 6.07) is 24.5. The van der Waals surface area contributed by atoms with Gasteiger partial charge < -0.3 is 14.9 Å². The van der Waals surface area contributed by atoms with E-state index in [1.165, 1.54) is 17.2 Å². The molecule has 1 aliphatic heterocycles. The van der Waals surface area contributed by atoms with Crippen LogP contribution in [0.15, 0.2) is 77.8 Å². The molecule has 1 fully saturated rings. The smallest absolute Gasteiger partial charge is 0.230 e. The molecule has 1 aliphatic rings. The van der Waals surface area contributed by atoms with Gasteiger partial charge in [0.15, 0.2) is 0 Å². The molecule has 36 heavy (non-hydrogen) atoms. The highest BCUT2D eigenvalue weighted by molar-refractivity contribution is 6.23. The minimum Gasteiger partial charge on any atom is -0.494 e. The van der Waals surface area contributed by atoms with E-state index in [0.717, 1.165) is 41.8 Å². The van der Waals surface area contributed by atoms with Crippen molar-refractivity contribution in [1.29, 1.82) is 0 Å². The van der Waals surface area contributed by atoms with Gasteiger partial charge in [-0.05, 0) is 56.8 Å². The zero-order valence-electron chi connectivity index (χ0n) is 21.3. The Balaban J connectivity index is 1.62. The average molecular weight is 481 g/mol. The third-order valence-corrected chi connectivity index (χ3v) is 7.11. The number of anilines is 1. The van der Waals surface area contributed by atoms with Crippen LogP contribution in [0.2, 0.25) is 0 Å². The van der Waals surface area contributed by atoms with Crippen LogP contribution in [0.5, 0.6) is 5.88 Å². The summed E-state index contributed by atoms with van der Waals surface area (Å²) in [5.74, 6) is -0.332. The standard InChI is InChI=1S/C30H32N4O2/c1-20-10-15-26-27(18-20)34(22(3)35)30(36)28(26)29(23-8-6-5-7-9-23)31-24-11-13-25(14-12-24)33-17-16-32(4)21(2)19-33/h5-15,18,21,36H,16-17,19H2,1-4H3/t21-/m0/s1. The van der Waals surface area contributed by atoms with Gasteiger partial charge in [-0.1, -0.05) is 42.5 Å². The number of hydrogen-bond acceptors (Lipinski definition) is 5. The number of likely N-dealkylation sites (N-methyl/N-ethyl adjacent to an activating group) is 1. The summed E-state index contributed by atoms with van der Waals surface area (Å²) in [4.78, 5) is 22.3. The van der Waals surface area contributed by atoms with Crippen LogP contribution in [0.3, 0.4) is 0 Å².